The number of amides is 1. The second-order valence-corrected chi connectivity index (χ2v) is 6.17. The number of carbonyl (C=O) groups is 2. The van der Waals surface area contributed by atoms with Crippen molar-refractivity contribution in [3.63, 3.8) is 0 Å². The zero-order valence-corrected chi connectivity index (χ0v) is 13.8. The molecule has 5 heteroatoms. The van der Waals surface area contributed by atoms with E-state index in [4.69, 9.17) is 0 Å². The molecule has 4 rings (SSSR count). The summed E-state index contributed by atoms with van der Waals surface area (Å²) in [6, 6.07) is 15.1. The first-order chi connectivity index (χ1) is 12.1. The Morgan fingerprint density at radius 2 is 1.92 bits per heavy atom. The van der Waals surface area contributed by atoms with Crippen LogP contribution in [0.15, 0.2) is 48.5 Å². The number of anilines is 1. The molecule has 0 fully saturated rings. The van der Waals surface area contributed by atoms with Crippen molar-refractivity contribution in [2.75, 3.05) is 5.32 Å². The number of H-pyrrole nitrogens is 1. The lowest BCUT2D eigenvalue weighted by molar-refractivity contribution is 0.100. The van der Waals surface area contributed by atoms with Gasteiger partial charge in [-0.25, -0.2) is 0 Å². The van der Waals surface area contributed by atoms with Crippen LogP contribution in [0.2, 0.25) is 0 Å². The van der Waals surface area contributed by atoms with Gasteiger partial charge < -0.3 is 5.32 Å². The molecule has 124 valence electrons. The number of fused-ring (bicyclic) bond motifs is 3. The molecule has 2 N–H and O–H groups in total. The van der Waals surface area contributed by atoms with Crippen molar-refractivity contribution in [2.45, 2.75) is 19.8 Å². The van der Waals surface area contributed by atoms with Crippen LogP contribution in [0.1, 0.15) is 38.9 Å². The van der Waals surface area contributed by atoms with Crippen molar-refractivity contribution >= 4 is 17.4 Å². The highest BCUT2D eigenvalue weighted by Gasteiger charge is 2.25. The number of hydrogen-bond acceptors (Lipinski definition) is 3. The first-order valence-corrected chi connectivity index (χ1v) is 8.21. The smallest absolute Gasteiger partial charge is 0.273 e. The average Bonchev–Trinajstić information content (AvgIpc) is 3.06. The fourth-order valence-corrected chi connectivity index (χ4v) is 3.26. The summed E-state index contributed by atoms with van der Waals surface area (Å²) in [6.45, 7) is 1.50. The van der Waals surface area contributed by atoms with Crippen LogP contribution >= 0.6 is 0 Å². The standard InChI is InChI=1S/C20H17N3O2/c1-12(24)14-6-4-7-15(11-14)21-20(25)19-17-10-9-13-5-2-3-8-16(13)18(17)22-23-19/h2-8,11H,9-10H2,1H3,(H,21,25)(H,22,23). The van der Waals surface area contributed by atoms with Crippen LogP contribution in [0.3, 0.4) is 0 Å². The molecule has 0 saturated heterocycles. The lowest BCUT2D eigenvalue weighted by Gasteiger charge is -2.15. The molecule has 1 aromatic heterocycles. The Balaban J connectivity index is 1.64. The molecule has 1 aliphatic carbocycles. The van der Waals surface area contributed by atoms with Crippen molar-refractivity contribution in [1.29, 1.82) is 0 Å². The number of aromatic amines is 1. The van der Waals surface area contributed by atoms with E-state index in [2.05, 4.69) is 21.6 Å². The first kappa shape index (κ1) is 15.3. The summed E-state index contributed by atoms with van der Waals surface area (Å²) in [4.78, 5) is 24.2. The zero-order chi connectivity index (χ0) is 17.4. The van der Waals surface area contributed by atoms with Gasteiger partial charge in [0, 0.05) is 22.4 Å². The third-order valence-corrected chi connectivity index (χ3v) is 4.54. The molecule has 1 heterocycles. The third-order valence-electron chi connectivity index (χ3n) is 4.54. The van der Waals surface area contributed by atoms with Crippen molar-refractivity contribution < 1.29 is 9.59 Å². The normalized spacial score (nSPS) is 12.2. The molecule has 0 unspecified atom stereocenters. The summed E-state index contributed by atoms with van der Waals surface area (Å²) in [5, 5.41) is 10.1. The van der Waals surface area contributed by atoms with Crippen molar-refractivity contribution in [3.8, 4) is 11.3 Å². The predicted octanol–water partition coefficient (Wildman–Crippen LogP) is 3.63. The predicted molar refractivity (Wildman–Crippen MR) is 95.8 cm³/mol. The molecular formula is C20H17N3O2. The number of aryl methyl sites for hydroxylation is 1. The Morgan fingerprint density at radius 1 is 1.08 bits per heavy atom. The van der Waals surface area contributed by atoms with Crippen molar-refractivity contribution in [1.82, 2.24) is 10.2 Å². The van der Waals surface area contributed by atoms with E-state index in [1.165, 1.54) is 12.5 Å². The van der Waals surface area contributed by atoms with E-state index in [9.17, 15) is 9.59 Å². The van der Waals surface area contributed by atoms with Crippen molar-refractivity contribution in [3.05, 3.63) is 70.9 Å². The van der Waals surface area contributed by atoms with Gasteiger partial charge in [0.2, 0.25) is 0 Å². The summed E-state index contributed by atoms with van der Waals surface area (Å²) in [5.41, 5.74) is 5.78. The van der Waals surface area contributed by atoms with Crippen LogP contribution in [0, 0.1) is 0 Å². The fraction of sp³-hybridized carbons (Fsp3) is 0.150. The Kier molecular flexibility index (Phi) is 3.69. The molecule has 0 aliphatic heterocycles. The van der Waals surface area contributed by atoms with Gasteiger partial charge in [-0.2, -0.15) is 5.10 Å². The van der Waals surface area contributed by atoms with Gasteiger partial charge in [-0.15, -0.1) is 0 Å². The molecule has 1 aliphatic rings. The van der Waals surface area contributed by atoms with Crippen LogP contribution in [-0.4, -0.2) is 21.9 Å². The fourth-order valence-electron chi connectivity index (χ4n) is 3.26. The number of aromatic nitrogens is 2. The van der Waals surface area contributed by atoms with Crippen LogP contribution < -0.4 is 5.32 Å². The highest BCUT2D eigenvalue weighted by atomic mass is 16.2. The van der Waals surface area contributed by atoms with E-state index in [1.54, 1.807) is 24.3 Å². The van der Waals surface area contributed by atoms with E-state index < -0.39 is 0 Å². The average molecular weight is 331 g/mol. The van der Waals surface area contributed by atoms with Gasteiger partial charge >= 0.3 is 0 Å². The maximum absolute atomic E-state index is 12.7. The number of Topliss-reactive ketones (excluding diaryl/α,β-unsaturated/α-hetero) is 1. The van der Waals surface area contributed by atoms with E-state index in [0.717, 1.165) is 29.7 Å². The molecule has 1 amide bonds. The quantitative estimate of drug-likeness (QED) is 0.720. The van der Waals surface area contributed by atoms with E-state index in [1.807, 2.05) is 18.2 Å². The molecular weight excluding hydrogens is 314 g/mol. The van der Waals surface area contributed by atoms with Gasteiger partial charge in [0.05, 0.1) is 5.69 Å². The molecule has 0 saturated carbocycles. The van der Waals surface area contributed by atoms with Crippen molar-refractivity contribution in [2.24, 2.45) is 0 Å². The number of ketones is 1. The Bertz CT molecular complexity index is 988. The minimum atomic E-state index is -0.242. The number of hydrogen-bond donors (Lipinski definition) is 2. The summed E-state index contributed by atoms with van der Waals surface area (Å²) in [5.74, 6) is -0.277. The highest BCUT2D eigenvalue weighted by molar-refractivity contribution is 6.05. The molecule has 2 aromatic carbocycles. The van der Waals surface area contributed by atoms with Gasteiger partial charge in [-0.3, -0.25) is 14.7 Å². The van der Waals surface area contributed by atoms with Gasteiger partial charge in [0.1, 0.15) is 5.69 Å². The maximum atomic E-state index is 12.7. The van der Waals surface area contributed by atoms with Gasteiger partial charge in [0.15, 0.2) is 5.78 Å². The molecule has 0 bridgehead atoms. The number of carbonyl (C=O) groups excluding carboxylic acids is 2. The summed E-state index contributed by atoms with van der Waals surface area (Å²) < 4.78 is 0. The Morgan fingerprint density at radius 3 is 2.76 bits per heavy atom. The number of benzene rings is 2. The first-order valence-electron chi connectivity index (χ1n) is 8.21. The van der Waals surface area contributed by atoms with Crippen LogP contribution in [0.4, 0.5) is 5.69 Å². The number of nitrogens with one attached hydrogen (secondary N) is 2. The lowest BCUT2D eigenvalue weighted by Crippen LogP contribution is -2.16. The molecule has 5 nitrogen and oxygen atoms in total. The molecule has 0 spiro atoms. The lowest BCUT2D eigenvalue weighted by atomic mass is 9.89. The van der Waals surface area contributed by atoms with E-state index in [0.29, 0.717) is 16.9 Å². The van der Waals surface area contributed by atoms with Gasteiger partial charge in [0.25, 0.3) is 5.91 Å². The SMILES string of the molecule is CC(=O)c1cccc(NC(=O)c2[nH]nc3c2CCc2ccccc2-3)c1. The summed E-state index contributed by atoms with van der Waals surface area (Å²) in [6.07, 6.45) is 1.67. The third kappa shape index (κ3) is 2.74. The van der Waals surface area contributed by atoms with Crippen LogP contribution in [-0.2, 0) is 12.8 Å². The molecule has 0 radical (unpaired) electrons. The minimum Gasteiger partial charge on any atom is -0.321 e. The maximum Gasteiger partial charge on any atom is 0.273 e. The monoisotopic (exact) mass is 331 g/mol. The topological polar surface area (TPSA) is 74.8 Å². The van der Waals surface area contributed by atoms with Crippen LogP contribution in [0.5, 0.6) is 0 Å². The Hall–Kier alpha value is -3.21. The van der Waals surface area contributed by atoms with E-state index in [-0.39, 0.29) is 11.7 Å². The zero-order valence-electron chi connectivity index (χ0n) is 13.8. The molecule has 3 aromatic rings. The van der Waals surface area contributed by atoms with Gasteiger partial charge in [-0.1, -0.05) is 36.4 Å². The second kappa shape index (κ2) is 6.02. The minimum absolute atomic E-state index is 0.0355. The van der Waals surface area contributed by atoms with Gasteiger partial charge in [-0.05, 0) is 37.5 Å². The number of nitrogens with zero attached hydrogens (tertiary/aromatic N) is 1. The second-order valence-electron chi connectivity index (χ2n) is 6.17. The molecule has 0 atom stereocenters. The summed E-state index contributed by atoms with van der Waals surface area (Å²) >= 11 is 0. The van der Waals surface area contributed by atoms with Crippen LogP contribution in [0.25, 0.3) is 11.3 Å². The summed E-state index contributed by atoms with van der Waals surface area (Å²) in [7, 11) is 0. The Labute approximate surface area is 145 Å². The number of rotatable bonds is 3. The largest absolute Gasteiger partial charge is 0.321 e. The highest BCUT2D eigenvalue weighted by Crippen LogP contribution is 2.33. The molecule has 25 heavy (non-hydrogen) atoms. The van der Waals surface area contributed by atoms with E-state index >= 15 is 0 Å².